The van der Waals surface area contributed by atoms with Crippen molar-refractivity contribution in [3.63, 3.8) is 0 Å². The summed E-state index contributed by atoms with van der Waals surface area (Å²) >= 11 is 0. The van der Waals surface area contributed by atoms with Crippen molar-refractivity contribution in [2.75, 3.05) is 31.4 Å². The zero-order chi connectivity index (χ0) is 15.1. The molecule has 0 aromatic rings. The molecule has 0 aliphatic carbocycles. The number of rotatable bonds is 14. The number of allylic oxidation sites excluding steroid dienone is 1. The second-order valence-electron chi connectivity index (χ2n) is 6.38. The van der Waals surface area contributed by atoms with Gasteiger partial charge in [0.15, 0.2) is 0 Å². The van der Waals surface area contributed by atoms with Crippen molar-refractivity contribution in [2.24, 2.45) is 0 Å². The first kappa shape index (κ1) is 20.1. The summed E-state index contributed by atoms with van der Waals surface area (Å²) in [5, 5.41) is 5.91. The highest BCUT2D eigenvalue weighted by Gasteiger charge is 2.05. The van der Waals surface area contributed by atoms with E-state index >= 15 is 0 Å². The normalized spacial score (nSPS) is 13.2. The van der Waals surface area contributed by atoms with Crippen LogP contribution in [0.2, 0.25) is 0 Å². The van der Waals surface area contributed by atoms with Gasteiger partial charge in [-0.2, -0.15) is 0 Å². The molecule has 0 heterocycles. The number of unbranched alkanes of at least 4 members (excludes halogenated alkanes) is 7. The van der Waals surface area contributed by atoms with Gasteiger partial charge in [-0.05, 0) is 57.5 Å². The van der Waals surface area contributed by atoms with Crippen LogP contribution in [0.5, 0.6) is 0 Å². The highest BCUT2D eigenvalue weighted by atomic mass is 32.3. The Bertz CT molecular complexity index is 223. The van der Waals surface area contributed by atoms with Crippen molar-refractivity contribution in [1.29, 1.82) is 0 Å². The van der Waals surface area contributed by atoms with Crippen LogP contribution in [-0.4, -0.2) is 31.4 Å². The summed E-state index contributed by atoms with van der Waals surface area (Å²) in [6, 6.07) is 0. The summed E-state index contributed by atoms with van der Waals surface area (Å²) in [6.45, 7) is 6.78. The molecule has 0 unspecified atom stereocenters. The summed E-state index contributed by atoms with van der Waals surface area (Å²) in [5.74, 6) is 1.42. The van der Waals surface area contributed by atoms with Crippen LogP contribution in [0.1, 0.15) is 71.6 Å². The van der Waals surface area contributed by atoms with E-state index in [4.69, 9.17) is 0 Å². The Morgan fingerprint density at radius 1 is 0.800 bits per heavy atom. The molecule has 20 heavy (non-hydrogen) atoms. The largest absolute Gasteiger partial charge is 0.317 e. The molecule has 1 nitrogen and oxygen atoms in total. The zero-order valence-corrected chi connectivity index (χ0v) is 15.4. The molecular weight excluding hydrogens is 262 g/mol. The monoisotopic (exact) mass is 301 g/mol. The third-order valence-electron chi connectivity index (χ3n) is 3.71. The Labute approximate surface area is 130 Å². The Morgan fingerprint density at radius 2 is 1.35 bits per heavy atom. The molecule has 2 heteroatoms. The van der Waals surface area contributed by atoms with Crippen LogP contribution in [0.3, 0.4) is 0 Å². The highest BCUT2D eigenvalue weighted by molar-refractivity contribution is 8.35. The van der Waals surface area contributed by atoms with E-state index in [1.807, 2.05) is 0 Å². The Kier molecular flexibility index (Phi) is 14.0. The molecule has 0 saturated heterocycles. The molecule has 0 atom stereocenters. The van der Waals surface area contributed by atoms with Crippen LogP contribution >= 0.6 is 10.0 Å². The minimum atomic E-state index is -0.432. The van der Waals surface area contributed by atoms with Crippen molar-refractivity contribution in [2.45, 2.75) is 71.6 Å². The Morgan fingerprint density at radius 3 is 1.90 bits per heavy atom. The molecule has 0 bridgehead atoms. The molecule has 0 aliphatic rings. The second kappa shape index (κ2) is 14.0. The van der Waals surface area contributed by atoms with Crippen LogP contribution in [0.25, 0.3) is 0 Å². The lowest BCUT2D eigenvalue weighted by Crippen LogP contribution is -2.15. The Balaban J connectivity index is 3.17. The van der Waals surface area contributed by atoms with Gasteiger partial charge in [0.2, 0.25) is 0 Å². The lowest BCUT2D eigenvalue weighted by atomic mass is 10.1. The zero-order valence-electron chi connectivity index (χ0n) is 14.5. The van der Waals surface area contributed by atoms with Gasteiger partial charge in [0.25, 0.3) is 0 Å². The van der Waals surface area contributed by atoms with E-state index in [0.717, 1.165) is 0 Å². The van der Waals surface area contributed by atoms with Crippen LogP contribution in [0.15, 0.2) is 11.5 Å². The maximum absolute atomic E-state index is 3.48. The van der Waals surface area contributed by atoms with E-state index in [1.165, 1.54) is 76.6 Å². The maximum Gasteiger partial charge on any atom is -0.00489 e. The molecule has 122 valence electrons. The minimum absolute atomic E-state index is 0.432. The predicted octanol–water partition coefficient (Wildman–Crippen LogP) is 5.70. The number of hydrogen-bond acceptors (Lipinski definition) is 1. The van der Waals surface area contributed by atoms with Gasteiger partial charge in [-0.1, -0.05) is 56.9 Å². The first-order chi connectivity index (χ1) is 9.62. The lowest BCUT2D eigenvalue weighted by molar-refractivity contribution is 0.555. The highest BCUT2D eigenvalue weighted by Crippen LogP contribution is 2.42. The summed E-state index contributed by atoms with van der Waals surface area (Å²) in [7, 11) is -0.432. The summed E-state index contributed by atoms with van der Waals surface area (Å²) in [6.07, 6.45) is 19.7. The smallest absolute Gasteiger partial charge is 0.00489 e. The van der Waals surface area contributed by atoms with E-state index in [2.05, 4.69) is 43.2 Å². The lowest BCUT2D eigenvalue weighted by Gasteiger charge is -2.26. The summed E-state index contributed by atoms with van der Waals surface area (Å²) in [5.41, 5.74) is 0. The van der Waals surface area contributed by atoms with Crippen LogP contribution in [0.4, 0.5) is 0 Å². The SMILES string of the molecule is C/C=C/S(C)(C)CCCCCCCCCCNCCC. The molecule has 0 aromatic heterocycles. The maximum atomic E-state index is 3.48. The van der Waals surface area contributed by atoms with Crippen molar-refractivity contribution in [1.82, 2.24) is 5.32 Å². The molecule has 0 radical (unpaired) electrons. The third kappa shape index (κ3) is 14.5. The molecule has 0 rings (SSSR count). The van der Waals surface area contributed by atoms with Gasteiger partial charge in [-0.25, -0.2) is 10.0 Å². The molecular formula is C18H39NS. The number of nitrogens with one attached hydrogen (secondary N) is 1. The van der Waals surface area contributed by atoms with Crippen LogP contribution < -0.4 is 5.32 Å². The average molecular weight is 302 g/mol. The van der Waals surface area contributed by atoms with Crippen molar-refractivity contribution in [3.05, 3.63) is 11.5 Å². The molecule has 0 spiro atoms. The van der Waals surface area contributed by atoms with Crippen molar-refractivity contribution < 1.29 is 0 Å². The van der Waals surface area contributed by atoms with Crippen LogP contribution in [0, 0.1) is 0 Å². The quantitative estimate of drug-likeness (QED) is 0.405. The molecule has 0 fully saturated rings. The fourth-order valence-corrected chi connectivity index (χ4v) is 4.34. The van der Waals surface area contributed by atoms with Gasteiger partial charge in [-0.3, -0.25) is 0 Å². The van der Waals surface area contributed by atoms with E-state index in [1.54, 1.807) is 0 Å². The molecule has 0 amide bonds. The van der Waals surface area contributed by atoms with E-state index in [0.29, 0.717) is 0 Å². The molecule has 1 N–H and O–H groups in total. The first-order valence-corrected chi connectivity index (χ1v) is 11.3. The van der Waals surface area contributed by atoms with Gasteiger partial charge >= 0.3 is 0 Å². The molecule has 0 saturated carbocycles. The molecule has 0 aliphatic heterocycles. The average Bonchev–Trinajstić information content (AvgIpc) is 2.40. The van der Waals surface area contributed by atoms with Gasteiger partial charge < -0.3 is 5.32 Å². The fraction of sp³-hybridized carbons (Fsp3) is 0.889. The van der Waals surface area contributed by atoms with Gasteiger partial charge in [0.1, 0.15) is 0 Å². The molecule has 0 aromatic carbocycles. The van der Waals surface area contributed by atoms with Gasteiger partial charge in [0.05, 0.1) is 0 Å². The summed E-state index contributed by atoms with van der Waals surface area (Å²) in [4.78, 5) is 0. The van der Waals surface area contributed by atoms with Gasteiger partial charge in [-0.15, -0.1) is 0 Å². The summed E-state index contributed by atoms with van der Waals surface area (Å²) < 4.78 is 0. The minimum Gasteiger partial charge on any atom is -0.317 e. The van der Waals surface area contributed by atoms with E-state index in [9.17, 15) is 0 Å². The fourth-order valence-electron chi connectivity index (χ4n) is 2.52. The number of hydrogen-bond donors (Lipinski definition) is 1. The third-order valence-corrected chi connectivity index (χ3v) is 6.06. The van der Waals surface area contributed by atoms with Crippen molar-refractivity contribution >= 4 is 10.0 Å². The first-order valence-electron chi connectivity index (χ1n) is 8.67. The van der Waals surface area contributed by atoms with Crippen LogP contribution in [-0.2, 0) is 0 Å². The van der Waals surface area contributed by atoms with Crippen molar-refractivity contribution in [3.8, 4) is 0 Å². The van der Waals surface area contributed by atoms with Gasteiger partial charge in [0, 0.05) is 0 Å². The van der Waals surface area contributed by atoms with E-state index in [-0.39, 0.29) is 0 Å². The topological polar surface area (TPSA) is 12.0 Å². The standard InChI is InChI=1S/C18H39NS/c1-5-15-19-16-13-11-9-7-8-10-12-14-18-20(3,4)17-6-2/h6,17,19H,5,7-16,18H2,1-4H3/b17-6+. The predicted molar refractivity (Wildman–Crippen MR) is 99.2 cm³/mol. The Hall–Kier alpha value is 0.0500. The van der Waals surface area contributed by atoms with E-state index < -0.39 is 10.0 Å². The second-order valence-corrected chi connectivity index (χ2v) is 10.3.